The van der Waals surface area contributed by atoms with Crippen molar-refractivity contribution in [1.82, 2.24) is 15.2 Å². The number of aromatic amines is 1. The maximum absolute atomic E-state index is 11.4. The normalized spacial score (nSPS) is 30.6. The molecule has 5 heteroatoms. The number of amides is 1. The fraction of sp³-hybridized carbons (Fsp3) is 0.438. The summed E-state index contributed by atoms with van der Waals surface area (Å²) in [4.78, 5) is 14.6. The predicted octanol–water partition coefficient (Wildman–Crippen LogP) is 1.92. The third kappa shape index (κ3) is 3.19. The molecule has 0 saturated carbocycles. The number of ether oxygens (including phenoxy) is 1. The van der Waals surface area contributed by atoms with Crippen LogP contribution in [-0.2, 0) is 17.5 Å². The van der Waals surface area contributed by atoms with Crippen LogP contribution in [0.2, 0.25) is 0 Å². The summed E-state index contributed by atoms with van der Waals surface area (Å²) in [7, 11) is 0. The minimum absolute atomic E-state index is 0.0459. The number of benzene rings is 1. The van der Waals surface area contributed by atoms with Crippen molar-refractivity contribution in [3.8, 4) is 0 Å². The van der Waals surface area contributed by atoms with Crippen molar-refractivity contribution in [2.75, 3.05) is 27.1 Å². The maximum atomic E-state index is 11.4. The summed E-state index contributed by atoms with van der Waals surface area (Å²) in [5.41, 5.74) is 0.834. The van der Waals surface area contributed by atoms with E-state index >= 15 is 0 Å². The first-order chi connectivity index (χ1) is 14.1. The summed E-state index contributed by atoms with van der Waals surface area (Å²) in [5.74, 6) is 0. The van der Waals surface area contributed by atoms with E-state index in [9.17, 15) is 4.79 Å². The number of hydrogen-bond donors (Lipinski definition) is 2. The van der Waals surface area contributed by atoms with Crippen molar-refractivity contribution >= 4 is 17.0 Å². The highest BCUT2D eigenvalue weighted by Crippen LogP contribution is 2.21. The molecule has 112 valence electrons. The van der Waals surface area contributed by atoms with Crippen molar-refractivity contribution in [3.63, 3.8) is 0 Å². The number of nitrogens with one attached hydrogen (secondary N) is 2. The Bertz CT molecular complexity index is 986. The highest BCUT2D eigenvalue weighted by atomic mass is 16.6. The van der Waals surface area contributed by atoms with Crippen molar-refractivity contribution in [2.45, 2.75) is 18.8 Å². The van der Waals surface area contributed by atoms with Gasteiger partial charge in [0, 0.05) is 34.6 Å². The van der Waals surface area contributed by atoms with E-state index in [2.05, 4.69) is 10.3 Å². The van der Waals surface area contributed by atoms with E-state index in [0.29, 0.717) is 21.4 Å². The summed E-state index contributed by atoms with van der Waals surface area (Å²) in [6.07, 6.45) is -3.39. The predicted molar refractivity (Wildman–Crippen MR) is 82.5 cm³/mol. The number of alkyl carbamates (subject to hydrolysis) is 1. The van der Waals surface area contributed by atoms with Crippen molar-refractivity contribution < 1.29 is 23.2 Å². The number of cyclic esters (lactones) is 1. The second kappa shape index (κ2) is 5.77. The zero-order valence-electron chi connectivity index (χ0n) is 21.1. The summed E-state index contributed by atoms with van der Waals surface area (Å²) in [6.45, 7) is -6.59. The third-order valence-corrected chi connectivity index (χ3v) is 3.17. The number of aromatic nitrogens is 1. The van der Waals surface area contributed by atoms with Gasteiger partial charge in [-0.05, 0) is 50.0 Å². The summed E-state index contributed by atoms with van der Waals surface area (Å²) >= 11 is 0. The van der Waals surface area contributed by atoms with Crippen LogP contribution in [0.3, 0.4) is 0 Å². The summed E-state index contributed by atoms with van der Waals surface area (Å²) < 4.78 is 82.7. The first kappa shape index (κ1) is 6.40. The van der Waals surface area contributed by atoms with Gasteiger partial charge in [-0.25, -0.2) is 4.79 Å². The molecule has 1 atom stereocenters. The minimum Gasteiger partial charge on any atom is -0.447 e. The van der Waals surface area contributed by atoms with E-state index < -0.39 is 39.0 Å². The van der Waals surface area contributed by atoms with Crippen LogP contribution in [0.5, 0.6) is 0 Å². The monoisotopic (exact) mass is 297 g/mol. The molecular weight excluding hydrogens is 266 g/mol. The molecule has 21 heavy (non-hydrogen) atoms. The van der Waals surface area contributed by atoms with Crippen LogP contribution in [0, 0.1) is 0 Å². The summed E-state index contributed by atoms with van der Waals surface area (Å²) in [5, 5.41) is 2.56. The number of H-pyrrole nitrogens is 1. The topological polar surface area (TPSA) is 57.4 Å². The molecule has 0 unspecified atom stereocenters. The lowest BCUT2D eigenvalue weighted by atomic mass is 10.0. The Kier molecular flexibility index (Phi) is 1.76. The van der Waals surface area contributed by atoms with E-state index in [0.717, 1.165) is 0 Å². The molecule has 1 amide bonds. The Hall–Kier alpha value is -2.01. The average molecular weight is 297 g/mol. The first-order valence-corrected chi connectivity index (χ1v) is 6.41. The number of carbonyl (C=O) groups excluding carboxylic acids is 1. The fourth-order valence-electron chi connectivity index (χ4n) is 2.19. The number of fused-ring (bicyclic) bond motifs is 1. The van der Waals surface area contributed by atoms with Crippen LogP contribution in [0.15, 0.2) is 24.4 Å². The van der Waals surface area contributed by atoms with Crippen LogP contribution in [0.25, 0.3) is 10.9 Å². The van der Waals surface area contributed by atoms with Gasteiger partial charge in [0.2, 0.25) is 0 Å². The molecule has 2 aromatic rings. The van der Waals surface area contributed by atoms with E-state index in [1.807, 2.05) is 0 Å². The molecule has 2 N–H and O–H groups in total. The van der Waals surface area contributed by atoms with Crippen molar-refractivity contribution in [3.05, 3.63) is 35.5 Å². The van der Waals surface area contributed by atoms with Gasteiger partial charge in [0.25, 0.3) is 0 Å². The van der Waals surface area contributed by atoms with Crippen LogP contribution >= 0.6 is 0 Å². The Morgan fingerprint density at radius 2 is 2.52 bits per heavy atom. The van der Waals surface area contributed by atoms with Gasteiger partial charge in [-0.15, -0.1) is 0 Å². The SMILES string of the molecule is [2H]c1[nH]c2ccc(C([2H])([2H])[C@@]3([2H])COC(=O)N3)cc2c1CCN(C([2H])([2H])[2H])C([2H])([2H])[2H]. The third-order valence-electron chi connectivity index (χ3n) is 3.17. The molecular formula is C16H21N3O2. The Labute approximate surface area is 138 Å². The standard InChI is InChI=1S/C16H21N3O2/c1-19(2)6-5-12-9-17-15-4-3-11(8-14(12)15)7-13-10-21-16(20)18-13/h3-4,8-9,13,17H,5-7,10H2,1-2H3,(H,18,20)/t13-/m0/s1/i1D3,2D3,7D2,9D,13D. The highest BCUT2D eigenvalue weighted by Gasteiger charge is 2.22. The molecule has 1 saturated heterocycles. The molecule has 0 aliphatic carbocycles. The van der Waals surface area contributed by atoms with Crippen molar-refractivity contribution in [1.29, 1.82) is 0 Å². The number of likely N-dealkylation sites (N-methyl/N-ethyl adjacent to an activating group) is 1. The maximum Gasteiger partial charge on any atom is 0.407 e. The molecule has 1 aromatic heterocycles. The molecule has 0 spiro atoms. The van der Waals surface area contributed by atoms with Gasteiger partial charge < -0.3 is 19.9 Å². The molecule has 0 radical (unpaired) electrons. The lowest BCUT2D eigenvalue weighted by Crippen LogP contribution is -2.28. The Balaban J connectivity index is 1.97. The van der Waals surface area contributed by atoms with Crippen LogP contribution in [0.1, 0.15) is 24.8 Å². The molecule has 2 heterocycles. The highest BCUT2D eigenvalue weighted by molar-refractivity contribution is 5.84. The second-order valence-corrected chi connectivity index (χ2v) is 4.70. The second-order valence-electron chi connectivity index (χ2n) is 4.70. The zero-order valence-corrected chi connectivity index (χ0v) is 11.1. The van der Waals surface area contributed by atoms with Crippen LogP contribution < -0.4 is 5.32 Å². The molecule has 1 aliphatic heterocycles. The van der Waals surface area contributed by atoms with E-state index in [1.165, 1.54) is 18.2 Å². The lowest BCUT2D eigenvalue weighted by molar-refractivity contribution is 0.177. The van der Waals surface area contributed by atoms with Gasteiger partial charge in [0.1, 0.15) is 6.61 Å². The Morgan fingerprint density at radius 3 is 3.29 bits per heavy atom. The van der Waals surface area contributed by atoms with Gasteiger partial charge in [-0.3, -0.25) is 0 Å². The number of carbonyl (C=O) groups is 1. The number of hydrogen-bond acceptors (Lipinski definition) is 3. The molecule has 1 aromatic carbocycles. The molecule has 3 rings (SSSR count). The van der Waals surface area contributed by atoms with Crippen molar-refractivity contribution in [2.24, 2.45) is 0 Å². The van der Waals surface area contributed by atoms with E-state index in [4.69, 9.17) is 18.4 Å². The lowest BCUT2D eigenvalue weighted by Gasteiger charge is -2.09. The van der Waals surface area contributed by atoms with Gasteiger partial charge in [-0.2, -0.15) is 0 Å². The molecule has 1 aliphatic rings. The Morgan fingerprint density at radius 1 is 1.62 bits per heavy atom. The fourth-order valence-corrected chi connectivity index (χ4v) is 2.19. The van der Waals surface area contributed by atoms with Gasteiger partial charge in [0.15, 0.2) is 0 Å². The van der Waals surface area contributed by atoms with Gasteiger partial charge in [0.05, 0.1) is 8.76 Å². The number of nitrogens with zero attached hydrogens (tertiary/aromatic N) is 1. The van der Waals surface area contributed by atoms with E-state index in [-0.39, 0.29) is 24.7 Å². The smallest absolute Gasteiger partial charge is 0.407 e. The molecule has 5 nitrogen and oxygen atoms in total. The first-order valence-electron chi connectivity index (χ1n) is 11.4. The summed E-state index contributed by atoms with van der Waals surface area (Å²) in [6, 6.07) is 2.28. The van der Waals surface area contributed by atoms with Crippen LogP contribution in [0.4, 0.5) is 4.79 Å². The number of rotatable bonds is 5. The van der Waals surface area contributed by atoms with E-state index in [1.54, 1.807) is 0 Å². The minimum atomic E-state index is -2.86. The zero-order chi connectivity index (χ0) is 23.4. The van der Waals surface area contributed by atoms with Gasteiger partial charge >= 0.3 is 6.09 Å². The van der Waals surface area contributed by atoms with Crippen LogP contribution in [-0.4, -0.2) is 49.1 Å². The quantitative estimate of drug-likeness (QED) is 0.886. The average Bonchev–Trinajstić information content (AvgIpc) is 3.12. The van der Waals surface area contributed by atoms with Gasteiger partial charge in [-0.1, -0.05) is 6.07 Å². The molecule has 1 fully saturated rings. The largest absolute Gasteiger partial charge is 0.447 e. The molecule has 0 bridgehead atoms.